The van der Waals surface area contributed by atoms with E-state index in [1.165, 1.54) is 0 Å². The topological polar surface area (TPSA) is 103 Å². The third kappa shape index (κ3) is 7.80. The Morgan fingerprint density at radius 2 is 1.50 bits per heavy atom. The van der Waals surface area contributed by atoms with Gasteiger partial charge in [-0.15, -0.1) is 24.8 Å². The average Bonchev–Trinajstić information content (AvgIpc) is 3.38. The van der Waals surface area contributed by atoms with Crippen LogP contribution in [-0.4, -0.2) is 41.9 Å². The minimum atomic E-state index is -0.0502. The highest BCUT2D eigenvalue weighted by molar-refractivity contribution is 6.09. The first-order chi connectivity index (χ1) is 22.3. The molecule has 0 saturated heterocycles. The summed E-state index contributed by atoms with van der Waals surface area (Å²) in [6, 6.07) is 36.4. The smallest absolute Gasteiger partial charge is 0.245 e. The van der Waals surface area contributed by atoms with Crippen LogP contribution in [0.5, 0.6) is 0 Å². The van der Waals surface area contributed by atoms with Crippen molar-refractivity contribution in [1.29, 1.82) is 5.41 Å². The number of carbonyl (C=O) groups excluding carboxylic acids is 1. The molecule has 8 nitrogen and oxygen atoms in total. The van der Waals surface area contributed by atoms with Crippen molar-refractivity contribution in [3.05, 3.63) is 132 Å². The van der Waals surface area contributed by atoms with Gasteiger partial charge in [-0.2, -0.15) is 0 Å². The first kappa shape index (κ1) is 36.0. The minimum Gasteiger partial charge on any atom is -0.384 e. The van der Waals surface area contributed by atoms with Crippen LogP contribution in [0, 0.1) is 5.41 Å². The van der Waals surface area contributed by atoms with E-state index in [1.807, 2.05) is 92.8 Å². The molecule has 0 aliphatic rings. The SMILES string of the molecule is CN(C)c1ccc(CNCC(=O)N(c2ccc3c(c2)nc(CCc2ccc(C(=N)N)cc2)n3C)c2cccc3ccccc23)cc1.Cl.Cl. The molecule has 0 radical (unpaired) electrons. The highest BCUT2D eigenvalue weighted by Crippen LogP contribution is 2.34. The average molecular weight is 683 g/mol. The van der Waals surface area contributed by atoms with E-state index in [0.29, 0.717) is 6.54 Å². The lowest BCUT2D eigenvalue weighted by molar-refractivity contribution is -0.117. The number of rotatable bonds is 11. The number of nitrogens with zero attached hydrogens (tertiary/aromatic N) is 4. The second kappa shape index (κ2) is 15.8. The second-order valence-corrected chi connectivity index (χ2v) is 11.8. The lowest BCUT2D eigenvalue weighted by atomic mass is 10.1. The maximum absolute atomic E-state index is 14.1. The van der Waals surface area contributed by atoms with Crippen molar-refractivity contribution in [2.24, 2.45) is 12.8 Å². The van der Waals surface area contributed by atoms with Crippen LogP contribution in [0.4, 0.5) is 17.1 Å². The summed E-state index contributed by atoms with van der Waals surface area (Å²) in [6.07, 6.45) is 1.57. The van der Waals surface area contributed by atoms with Gasteiger partial charge in [0, 0.05) is 50.7 Å². The number of benzene rings is 5. The zero-order valence-electron chi connectivity index (χ0n) is 27.3. The summed E-state index contributed by atoms with van der Waals surface area (Å²) in [5.41, 5.74) is 13.2. The number of anilines is 3. The first-order valence-corrected chi connectivity index (χ1v) is 15.4. The van der Waals surface area contributed by atoms with E-state index < -0.39 is 0 Å². The fourth-order valence-corrected chi connectivity index (χ4v) is 5.83. The molecular weight excluding hydrogens is 641 g/mol. The largest absolute Gasteiger partial charge is 0.384 e. The Hall–Kier alpha value is -4.89. The third-order valence-electron chi connectivity index (χ3n) is 8.43. The molecule has 0 aliphatic carbocycles. The summed E-state index contributed by atoms with van der Waals surface area (Å²) in [5.74, 6) is 0.984. The van der Waals surface area contributed by atoms with E-state index in [-0.39, 0.29) is 43.1 Å². The van der Waals surface area contributed by atoms with Gasteiger partial charge in [0.15, 0.2) is 0 Å². The van der Waals surface area contributed by atoms with Crippen molar-refractivity contribution in [3.63, 3.8) is 0 Å². The lowest BCUT2D eigenvalue weighted by Crippen LogP contribution is -2.35. The molecule has 0 atom stereocenters. The van der Waals surface area contributed by atoms with Gasteiger partial charge >= 0.3 is 0 Å². The molecule has 0 fully saturated rings. The molecule has 248 valence electrons. The third-order valence-corrected chi connectivity index (χ3v) is 8.43. The number of amides is 1. The Labute approximate surface area is 293 Å². The van der Waals surface area contributed by atoms with E-state index >= 15 is 0 Å². The molecular formula is C38H41Cl2N7O. The van der Waals surface area contributed by atoms with Gasteiger partial charge in [-0.1, -0.05) is 72.8 Å². The summed E-state index contributed by atoms with van der Waals surface area (Å²) in [5, 5.41) is 13.1. The van der Waals surface area contributed by atoms with Crippen molar-refractivity contribution in [3.8, 4) is 0 Å². The van der Waals surface area contributed by atoms with Crippen LogP contribution in [0.25, 0.3) is 21.8 Å². The van der Waals surface area contributed by atoms with Crippen molar-refractivity contribution >= 4 is 75.4 Å². The number of nitrogens with one attached hydrogen (secondary N) is 2. The summed E-state index contributed by atoms with van der Waals surface area (Å²) >= 11 is 0. The van der Waals surface area contributed by atoms with E-state index in [1.54, 1.807) is 0 Å². The van der Waals surface area contributed by atoms with Crippen LogP contribution in [0.2, 0.25) is 0 Å². The van der Waals surface area contributed by atoms with Crippen molar-refractivity contribution < 1.29 is 4.79 Å². The molecule has 0 aliphatic heterocycles. The van der Waals surface area contributed by atoms with Crippen LogP contribution in [0.15, 0.2) is 109 Å². The molecule has 4 N–H and O–H groups in total. The Morgan fingerprint density at radius 3 is 2.21 bits per heavy atom. The molecule has 1 heterocycles. The van der Waals surface area contributed by atoms with Crippen LogP contribution < -0.4 is 20.9 Å². The minimum absolute atomic E-state index is 0. The van der Waals surface area contributed by atoms with Crippen molar-refractivity contribution in [2.75, 3.05) is 30.4 Å². The van der Waals surface area contributed by atoms with E-state index in [9.17, 15) is 4.79 Å². The zero-order valence-corrected chi connectivity index (χ0v) is 28.9. The quantitative estimate of drug-likeness (QED) is 0.0995. The maximum atomic E-state index is 14.1. The van der Waals surface area contributed by atoms with E-state index in [2.05, 4.69) is 57.2 Å². The monoisotopic (exact) mass is 681 g/mol. The molecule has 6 rings (SSSR count). The summed E-state index contributed by atoms with van der Waals surface area (Å²) in [6.45, 7) is 0.759. The van der Waals surface area contributed by atoms with Gasteiger partial charge in [-0.25, -0.2) is 4.98 Å². The van der Waals surface area contributed by atoms with Gasteiger partial charge in [0.1, 0.15) is 11.7 Å². The molecule has 10 heteroatoms. The van der Waals surface area contributed by atoms with Gasteiger partial charge in [0.05, 0.1) is 29.0 Å². The normalized spacial score (nSPS) is 10.7. The maximum Gasteiger partial charge on any atom is 0.245 e. The molecule has 0 bridgehead atoms. The number of halogens is 2. The number of hydrogen-bond acceptors (Lipinski definition) is 5. The molecule has 1 aromatic heterocycles. The Morgan fingerprint density at radius 1 is 0.833 bits per heavy atom. The van der Waals surface area contributed by atoms with E-state index in [0.717, 1.165) is 74.2 Å². The predicted octanol–water partition coefficient (Wildman–Crippen LogP) is 7.16. The van der Waals surface area contributed by atoms with Gasteiger partial charge in [-0.3, -0.25) is 15.1 Å². The molecule has 48 heavy (non-hydrogen) atoms. The molecule has 1 amide bonds. The van der Waals surface area contributed by atoms with Gasteiger partial charge in [0.2, 0.25) is 5.91 Å². The second-order valence-electron chi connectivity index (χ2n) is 11.8. The number of carbonyl (C=O) groups is 1. The van der Waals surface area contributed by atoms with Crippen molar-refractivity contribution in [1.82, 2.24) is 14.9 Å². The number of aromatic nitrogens is 2. The Balaban J connectivity index is 0.00000260. The molecule has 0 unspecified atom stereocenters. The highest BCUT2D eigenvalue weighted by atomic mass is 35.5. The van der Waals surface area contributed by atoms with Crippen LogP contribution >= 0.6 is 24.8 Å². The fourth-order valence-electron chi connectivity index (χ4n) is 5.83. The molecule has 6 aromatic rings. The van der Waals surface area contributed by atoms with Gasteiger partial charge < -0.3 is 20.5 Å². The van der Waals surface area contributed by atoms with Crippen LogP contribution in [-0.2, 0) is 31.2 Å². The standard InChI is InChI=1S/C38H39N7O.2ClH/c1-43(2)30-18-13-27(14-19-30)24-41-25-37(46)45(34-10-6-8-28-7-4-5-9-32(28)34)31-20-21-35-33(23-31)42-36(44(35)3)22-15-26-11-16-29(17-12-26)38(39)40;;/h4-14,16-21,23,41H,15,22,24-25H2,1-3H3,(H3,39,40);2*1H. The molecule has 5 aromatic carbocycles. The number of hydrogen-bond donors (Lipinski definition) is 3. The number of fused-ring (bicyclic) bond motifs is 2. The van der Waals surface area contributed by atoms with Crippen LogP contribution in [0.1, 0.15) is 22.5 Å². The number of nitrogen functional groups attached to an aromatic ring is 1. The Bertz CT molecular complexity index is 2020. The summed E-state index contributed by atoms with van der Waals surface area (Å²) in [4.78, 5) is 23.0. The lowest BCUT2D eigenvalue weighted by Gasteiger charge is -2.25. The first-order valence-electron chi connectivity index (χ1n) is 15.4. The molecule has 0 spiro atoms. The number of imidazole rings is 1. The summed E-state index contributed by atoms with van der Waals surface area (Å²) in [7, 11) is 6.08. The van der Waals surface area contributed by atoms with E-state index in [4.69, 9.17) is 16.1 Å². The predicted molar refractivity (Wildman–Crippen MR) is 204 cm³/mol. The number of amidine groups is 1. The summed E-state index contributed by atoms with van der Waals surface area (Å²) < 4.78 is 2.12. The zero-order chi connectivity index (χ0) is 32.2. The Kier molecular flexibility index (Phi) is 11.8. The highest BCUT2D eigenvalue weighted by Gasteiger charge is 2.21. The number of nitrogens with two attached hydrogens (primary N) is 1. The molecule has 0 saturated carbocycles. The van der Waals surface area contributed by atoms with Crippen molar-refractivity contribution in [2.45, 2.75) is 19.4 Å². The van der Waals surface area contributed by atoms with Gasteiger partial charge in [-0.05, 0) is 59.3 Å². The van der Waals surface area contributed by atoms with Crippen LogP contribution in [0.3, 0.4) is 0 Å². The number of aryl methyl sites for hydroxylation is 3. The fraction of sp³-hybridized carbons (Fsp3) is 0.184. The van der Waals surface area contributed by atoms with Gasteiger partial charge in [0.25, 0.3) is 0 Å².